The summed E-state index contributed by atoms with van der Waals surface area (Å²) in [6.45, 7) is 1.56. The summed E-state index contributed by atoms with van der Waals surface area (Å²) in [6.07, 6.45) is 2.94. The van der Waals surface area contributed by atoms with Crippen LogP contribution in [0.5, 0.6) is 0 Å². The van der Waals surface area contributed by atoms with Crippen LogP contribution in [0, 0.1) is 0 Å². The van der Waals surface area contributed by atoms with Gasteiger partial charge in [0.25, 0.3) is 5.56 Å². The first-order chi connectivity index (χ1) is 8.50. The van der Waals surface area contributed by atoms with E-state index in [1.165, 1.54) is 36.1 Å². The van der Waals surface area contributed by atoms with E-state index in [4.69, 9.17) is 0 Å². The molecule has 0 unspecified atom stereocenters. The molecule has 0 N–H and O–H groups in total. The number of hydrogen-bond donors (Lipinski definition) is 0. The summed E-state index contributed by atoms with van der Waals surface area (Å²) in [6, 6.07) is 0. The van der Waals surface area contributed by atoms with Gasteiger partial charge in [-0.3, -0.25) is 18.7 Å². The van der Waals surface area contributed by atoms with E-state index in [0.29, 0.717) is 0 Å². The number of nitrogens with zero attached hydrogens (tertiary/aromatic N) is 3. The molecule has 94 valence electrons. The molecule has 0 fully saturated rings. The summed E-state index contributed by atoms with van der Waals surface area (Å²) in [4.78, 5) is 39.0. The summed E-state index contributed by atoms with van der Waals surface area (Å²) in [5.74, 6) is -0.358. The third kappa shape index (κ3) is 2.17. The van der Waals surface area contributed by atoms with Gasteiger partial charge < -0.3 is 0 Å². The molecule has 18 heavy (non-hydrogen) atoms. The Morgan fingerprint density at radius 3 is 2.72 bits per heavy atom. The Balaban J connectivity index is 2.58. The molecule has 0 saturated carbocycles. The van der Waals surface area contributed by atoms with Crippen molar-refractivity contribution in [1.82, 2.24) is 14.1 Å². The Kier molecular flexibility index (Phi) is 3.24. The Morgan fingerprint density at radius 1 is 1.44 bits per heavy atom. The summed E-state index contributed by atoms with van der Waals surface area (Å²) in [7, 11) is 1.36. The highest BCUT2D eigenvalue weighted by molar-refractivity contribution is 7.09. The fraction of sp³-hybridized carbons (Fsp3) is 0.273. The van der Waals surface area contributed by atoms with E-state index in [2.05, 4.69) is 4.98 Å². The van der Waals surface area contributed by atoms with Crippen LogP contribution >= 0.6 is 11.3 Å². The van der Waals surface area contributed by atoms with Crippen molar-refractivity contribution < 1.29 is 4.79 Å². The fourth-order valence-electron chi connectivity index (χ4n) is 1.56. The van der Waals surface area contributed by atoms with Crippen molar-refractivity contribution in [2.45, 2.75) is 13.5 Å². The van der Waals surface area contributed by atoms with Crippen LogP contribution in [0.3, 0.4) is 0 Å². The van der Waals surface area contributed by atoms with E-state index in [9.17, 15) is 14.4 Å². The molecule has 2 heterocycles. The molecule has 0 aliphatic carbocycles. The number of thiazole rings is 1. The van der Waals surface area contributed by atoms with Gasteiger partial charge in [-0.1, -0.05) is 0 Å². The van der Waals surface area contributed by atoms with E-state index in [1.54, 1.807) is 11.6 Å². The lowest BCUT2D eigenvalue weighted by atomic mass is 10.2. The van der Waals surface area contributed by atoms with Crippen LogP contribution in [0.4, 0.5) is 0 Å². The van der Waals surface area contributed by atoms with E-state index < -0.39 is 11.2 Å². The van der Waals surface area contributed by atoms with Gasteiger partial charge in [0.1, 0.15) is 5.01 Å². The predicted octanol–water partition coefficient (Wildman–Crippen LogP) is 0.254. The van der Waals surface area contributed by atoms with E-state index >= 15 is 0 Å². The molecule has 0 aliphatic heterocycles. The lowest BCUT2D eigenvalue weighted by molar-refractivity contribution is 0.101. The second kappa shape index (κ2) is 4.69. The lowest BCUT2D eigenvalue weighted by Crippen LogP contribution is -2.40. The zero-order chi connectivity index (χ0) is 13.3. The molecule has 0 atom stereocenters. The van der Waals surface area contributed by atoms with Crippen molar-refractivity contribution in [2.75, 3.05) is 0 Å². The first-order valence-corrected chi connectivity index (χ1v) is 6.08. The number of carbonyl (C=O) groups is 1. The number of hydrogen-bond acceptors (Lipinski definition) is 5. The molecule has 0 radical (unpaired) electrons. The largest absolute Gasteiger partial charge is 0.331 e. The molecule has 0 spiro atoms. The van der Waals surface area contributed by atoms with E-state index in [0.717, 1.165) is 9.57 Å². The third-order valence-electron chi connectivity index (χ3n) is 2.52. The zero-order valence-electron chi connectivity index (χ0n) is 9.91. The van der Waals surface area contributed by atoms with Crippen LogP contribution in [0.1, 0.15) is 22.3 Å². The Bertz CT molecular complexity index is 697. The molecule has 0 aliphatic rings. The van der Waals surface area contributed by atoms with Gasteiger partial charge in [-0.05, 0) is 6.92 Å². The standard InChI is InChI=1S/C11H11N3O3S/c1-7(15)8-5-14(6-9-12-3-4-18-9)11(17)13(2)10(8)16/h3-5H,6H2,1-2H3. The van der Waals surface area contributed by atoms with Crippen LogP contribution in [0.25, 0.3) is 0 Å². The molecule has 2 rings (SSSR count). The van der Waals surface area contributed by atoms with Crippen LogP contribution < -0.4 is 11.2 Å². The fourth-order valence-corrected chi connectivity index (χ4v) is 2.17. The van der Waals surface area contributed by atoms with Crippen molar-refractivity contribution in [1.29, 1.82) is 0 Å². The molecule has 2 aromatic rings. The number of Topliss-reactive ketones (excluding diaryl/α,β-unsaturated/α-hetero) is 1. The van der Waals surface area contributed by atoms with Crippen molar-refractivity contribution in [3.05, 3.63) is 49.2 Å². The first-order valence-electron chi connectivity index (χ1n) is 5.20. The van der Waals surface area contributed by atoms with Crippen molar-refractivity contribution in [3.63, 3.8) is 0 Å². The molecule has 0 aromatic carbocycles. The average molecular weight is 265 g/mol. The van der Waals surface area contributed by atoms with Crippen LogP contribution in [0.2, 0.25) is 0 Å². The maximum atomic E-state index is 11.9. The third-order valence-corrected chi connectivity index (χ3v) is 3.29. The van der Waals surface area contributed by atoms with E-state index in [1.807, 2.05) is 0 Å². The highest BCUT2D eigenvalue weighted by Crippen LogP contribution is 2.05. The number of carbonyl (C=O) groups excluding carboxylic acids is 1. The molecule has 0 saturated heterocycles. The predicted molar refractivity (Wildman–Crippen MR) is 67.2 cm³/mol. The summed E-state index contributed by atoms with van der Waals surface area (Å²) >= 11 is 1.41. The van der Waals surface area contributed by atoms with Crippen LogP contribution in [0.15, 0.2) is 27.4 Å². The van der Waals surface area contributed by atoms with E-state index in [-0.39, 0.29) is 17.9 Å². The van der Waals surface area contributed by atoms with Crippen LogP contribution in [-0.2, 0) is 13.6 Å². The smallest absolute Gasteiger partial charge is 0.294 e. The highest BCUT2D eigenvalue weighted by Gasteiger charge is 2.12. The minimum atomic E-state index is -0.567. The summed E-state index contributed by atoms with van der Waals surface area (Å²) < 4.78 is 2.25. The van der Waals surface area contributed by atoms with Crippen molar-refractivity contribution in [2.24, 2.45) is 7.05 Å². The second-order valence-corrected chi connectivity index (χ2v) is 4.78. The molecule has 0 amide bonds. The maximum Gasteiger partial charge on any atom is 0.331 e. The minimum Gasteiger partial charge on any atom is -0.294 e. The minimum absolute atomic E-state index is 0.00801. The Morgan fingerprint density at radius 2 is 2.17 bits per heavy atom. The van der Waals surface area contributed by atoms with Gasteiger partial charge >= 0.3 is 5.69 Å². The SMILES string of the molecule is CC(=O)c1cn(Cc2nccs2)c(=O)n(C)c1=O. The second-order valence-electron chi connectivity index (χ2n) is 3.80. The maximum absolute atomic E-state index is 11.9. The number of aromatic nitrogens is 3. The summed E-state index contributed by atoms with van der Waals surface area (Å²) in [5, 5.41) is 2.54. The van der Waals surface area contributed by atoms with Crippen molar-refractivity contribution in [3.8, 4) is 0 Å². The molecular formula is C11H11N3O3S. The van der Waals surface area contributed by atoms with Gasteiger partial charge in [0, 0.05) is 24.8 Å². The normalized spacial score (nSPS) is 10.6. The Labute approximate surface area is 106 Å². The van der Waals surface area contributed by atoms with Crippen molar-refractivity contribution >= 4 is 17.1 Å². The average Bonchev–Trinajstić information content (AvgIpc) is 2.82. The quantitative estimate of drug-likeness (QED) is 0.746. The van der Waals surface area contributed by atoms with Gasteiger partial charge in [0.05, 0.1) is 12.1 Å². The molecular weight excluding hydrogens is 254 g/mol. The van der Waals surface area contributed by atoms with Crippen LogP contribution in [-0.4, -0.2) is 19.9 Å². The highest BCUT2D eigenvalue weighted by atomic mass is 32.1. The van der Waals surface area contributed by atoms with Gasteiger partial charge in [-0.25, -0.2) is 9.78 Å². The zero-order valence-corrected chi connectivity index (χ0v) is 10.7. The molecule has 2 aromatic heterocycles. The molecule has 6 nitrogen and oxygen atoms in total. The topological polar surface area (TPSA) is 74.0 Å². The monoisotopic (exact) mass is 265 g/mol. The molecule has 7 heteroatoms. The van der Waals surface area contributed by atoms with Gasteiger partial charge in [-0.2, -0.15) is 0 Å². The number of ketones is 1. The Hall–Kier alpha value is -2.02. The first kappa shape index (κ1) is 12.4. The van der Waals surface area contributed by atoms with Gasteiger partial charge in [0.2, 0.25) is 0 Å². The summed E-state index contributed by atoms with van der Waals surface area (Å²) in [5.41, 5.74) is -1.02. The van der Waals surface area contributed by atoms with Gasteiger partial charge in [-0.15, -0.1) is 11.3 Å². The lowest BCUT2D eigenvalue weighted by Gasteiger charge is -2.07. The van der Waals surface area contributed by atoms with Gasteiger partial charge in [0.15, 0.2) is 5.78 Å². The molecule has 0 bridgehead atoms. The number of rotatable bonds is 3.